The first-order valence-corrected chi connectivity index (χ1v) is 9.08. The van der Waals surface area contributed by atoms with Crippen molar-refractivity contribution in [1.29, 1.82) is 0 Å². The number of para-hydroxylation sites is 1. The second-order valence-electron chi connectivity index (χ2n) is 6.69. The van der Waals surface area contributed by atoms with Crippen LogP contribution >= 0.6 is 0 Å². The standard InChI is InChI=1S/C21H27N3O2/c1-17-6-5-8-19(14-17)24-12-10-23(11-13-24)16-21(25)22-15-18-7-3-4-9-20(18)26-2/h3-9,14H,10-13,15-16H2,1-2H3,(H,22,25). The Balaban J connectivity index is 1.45. The van der Waals surface area contributed by atoms with Gasteiger partial charge in [-0.05, 0) is 30.7 Å². The van der Waals surface area contributed by atoms with Crippen LogP contribution < -0.4 is 15.0 Å². The molecule has 1 heterocycles. The van der Waals surface area contributed by atoms with Crippen LogP contribution in [0.15, 0.2) is 48.5 Å². The Morgan fingerprint density at radius 3 is 2.58 bits per heavy atom. The van der Waals surface area contributed by atoms with Crippen LogP contribution in [-0.2, 0) is 11.3 Å². The minimum Gasteiger partial charge on any atom is -0.496 e. The fraction of sp³-hybridized carbons (Fsp3) is 0.381. The van der Waals surface area contributed by atoms with Gasteiger partial charge in [-0.3, -0.25) is 9.69 Å². The quantitative estimate of drug-likeness (QED) is 0.866. The van der Waals surface area contributed by atoms with E-state index in [1.165, 1.54) is 11.3 Å². The molecule has 2 aromatic carbocycles. The van der Waals surface area contributed by atoms with Crippen LogP contribution in [0.4, 0.5) is 5.69 Å². The first-order chi connectivity index (χ1) is 12.7. The molecule has 1 amide bonds. The molecule has 5 heteroatoms. The second-order valence-corrected chi connectivity index (χ2v) is 6.69. The molecule has 138 valence electrons. The van der Waals surface area contributed by atoms with Gasteiger partial charge in [0.25, 0.3) is 0 Å². The highest BCUT2D eigenvalue weighted by atomic mass is 16.5. The molecular formula is C21H27N3O2. The number of rotatable bonds is 6. The molecule has 1 aliphatic rings. The summed E-state index contributed by atoms with van der Waals surface area (Å²) in [6, 6.07) is 16.4. The summed E-state index contributed by atoms with van der Waals surface area (Å²) < 4.78 is 5.32. The van der Waals surface area contributed by atoms with E-state index in [2.05, 4.69) is 46.3 Å². The number of amides is 1. The van der Waals surface area contributed by atoms with Crippen LogP contribution in [0, 0.1) is 6.92 Å². The van der Waals surface area contributed by atoms with E-state index < -0.39 is 0 Å². The van der Waals surface area contributed by atoms with Crippen LogP contribution in [-0.4, -0.2) is 50.6 Å². The Morgan fingerprint density at radius 2 is 1.85 bits per heavy atom. The van der Waals surface area contributed by atoms with Crippen molar-refractivity contribution < 1.29 is 9.53 Å². The molecule has 0 aliphatic carbocycles. The smallest absolute Gasteiger partial charge is 0.234 e. The number of nitrogens with zero attached hydrogens (tertiary/aromatic N) is 2. The SMILES string of the molecule is COc1ccccc1CNC(=O)CN1CCN(c2cccc(C)c2)CC1. The van der Waals surface area contributed by atoms with Crippen molar-refractivity contribution in [3.05, 3.63) is 59.7 Å². The zero-order valence-corrected chi connectivity index (χ0v) is 15.6. The summed E-state index contributed by atoms with van der Waals surface area (Å²) in [6.45, 7) is 6.74. The third kappa shape index (κ3) is 4.76. The Labute approximate surface area is 155 Å². The third-order valence-electron chi connectivity index (χ3n) is 4.77. The number of aryl methyl sites for hydroxylation is 1. The summed E-state index contributed by atoms with van der Waals surface area (Å²) in [5.74, 6) is 0.861. The Kier molecular flexibility index (Phi) is 6.12. The molecule has 0 spiro atoms. The predicted octanol–water partition coefficient (Wildman–Crippen LogP) is 2.44. The molecule has 1 fully saturated rings. The highest BCUT2D eigenvalue weighted by Gasteiger charge is 2.19. The van der Waals surface area contributed by atoms with Gasteiger partial charge in [0.15, 0.2) is 0 Å². The van der Waals surface area contributed by atoms with Crippen molar-refractivity contribution in [3.8, 4) is 5.75 Å². The molecule has 0 radical (unpaired) electrons. The highest BCUT2D eigenvalue weighted by Crippen LogP contribution is 2.18. The molecule has 3 rings (SSSR count). The maximum Gasteiger partial charge on any atom is 0.234 e. The van der Waals surface area contributed by atoms with Gasteiger partial charge in [-0.15, -0.1) is 0 Å². The van der Waals surface area contributed by atoms with E-state index in [-0.39, 0.29) is 5.91 Å². The van der Waals surface area contributed by atoms with Crippen molar-refractivity contribution in [1.82, 2.24) is 10.2 Å². The van der Waals surface area contributed by atoms with E-state index in [0.717, 1.165) is 37.5 Å². The van der Waals surface area contributed by atoms with Gasteiger partial charge >= 0.3 is 0 Å². The molecule has 0 unspecified atom stereocenters. The number of nitrogens with one attached hydrogen (secondary N) is 1. The Hall–Kier alpha value is -2.53. The van der Waals surface area contributed by atoms with Crippen LogP contribution in [0.3, 0.4) is 0 Å². The van der Waals surface area contributed by atoms with Crippen LogP contribution in [0.1, 0.15) is 11.1 Å². The van der Waals surface area contributed by atoms with E-state index in [0.29, 0.717) is 13.1 Å². The lowest BCUT2D eigenvalue weighted by atomic mass is 10.2. The molecule has 26 heavy (non-hydrogen) atoms. The normalized spacial score (nSPS) is 14.9. The second kappa shape index (κ2) is 8.72. The number of carbonyl (C=O) groups excluding carboxylic acids is 1. The molecule has 0 aromatic heterocycles. The van der Waals surface area contributed by atoms with E-state index in [4.69, 9.17) is 4.74 Å². The molecule has 0 bridgehead atoms. The van der Waals surface area contributed by atoms with Gasteiger partial charge in [0, 0.05) is 44.0 Å². The lowest BCUT2D eigenvalue weighted by Crippen LogP contribution is -2.49. The number of hydrogen-bond acceptors (Lipinski definition) is 4. The van der Waals surface area contributed by atoms with Crippen LogP contribution in [0.25, 0.3) is 0 Å². The van der Waals surface area contributed by atoms with Crippen LogP contribution in [0.2, 0.25) is 0 Å². The molecule has 1 N–H and O–H groups in total. The summed E-state index contributed by atoms with van der Waals surface area (Å²) in [5, 5.41) is 3.00. The summed E-state index contributed by atoms with van der Waals surface area (Å²) >= 11 is 0. The molecule has 5 nitrogen and oxygen atoms in total. The number of hydrogen-bond donors (Lipinski definition) is 1. The number of benzene rings is 2. The van der Waals surface area contributed by atoms with Crippen molar-refractivity contribution in [3.63, 3.8) is 0 Å². The van der Waals surface area contributed by atoms with Crippen molar-refractivity contribution in [2.75, 3.05) is 44.7 Å². The molecule has 0 saturated carbocycles. The first kappa shape index (κ1) is 18.3. The van der Waals surface area contributed by atoms with Gasteiger partial charge in [-0.1, -0.05) is 30.3 Å². The summed E-state index contributed by atoms with van der Waals surface area (Å²) in [7, 11) is 1.65. The largest absolute Gasteiger partial charge is 0.496 e. The number of anilines is 1. The monoisotopic (exact) mass is 353 g/mol. The average molecular weight is 353 g/mol. The molecule has 1 aliphatic heterocycles. The lowest BCUT2D eigenvalue weighted by Gasteiger charge is -2.35. The highest BCUT2D eigenvalue weighted by molar-refractivity contribution is 5.78. The fourth-order valence-electron chi connectivity index (χ4n) is 3.29. The van der Waals surface area contributed by atoms with Gasteiger partial charge < -0.3 is 15.0 Å². The number of ether oxygens (including phenoxy) is 1. The predicted molar refractivity (Wildman–Crippen MR) is 105 cm³/mol. The average Bonchev–Trinajstić information content (AvgIpc) is 2.67. The van der Waals surface area contributed by atoms with Crippen LogP contribution in [0.5, 0.6) is 5.75 Å². The summed E-state index contributed by atoms with van der Waals surface area (Å²) in [6.07, 6.45) is 0. The minimum atomic E-state index is 0.0555. The number of carbonyl (C=O) groups is 1. The number of methoxy groups -OCH3 is 1. The zero-order chi connectivity index (χ0) is 18.4. The topological polar surface area (TPSA) is 44.8 Å². The summed E-state index contributed by atoms with van der Waals surface area (Å²) in [4.78, 5) is 16.9. The van der Waals surface area contributed by atoms with Gasteiger partial charge in [0.1, 0.15) is 5.75 Å². The van der Waals surface area contributed by atoms with Gasteiger partial charge in [0.2, 0.25) is 5.91 Å². The minimum absolute atomic E-state index is 0.0555. The first-order valence-electron chi connectivity index (χ1n) is 9.08. The van der Waals surface area contributed by atoms with Gasteiger partial charge in [0.05, 0.1) is 13.7 Å². The van der Waals surface area contributed by atoms with Crippen molar-refractivity contribution in [2.24, 2.45) is 0 Å². The Morgan fingerprint density at radius 1 is 1.08 bits per heavy atom. The molecule has 2 aromatic rings. The van der Waals surface area contributed by atoms with Crippen molar-refractivity contribution >= 4 is 11.6 Å². The van der Waals surface area contributed by atoms with Crippen molar-refractivity contribution in [2.45, 2.75) is 13.5 Å². The Bertz CT molecular complexity index is 740. The van der Waals surface area contributed by atoms with E-state index in [1.807, 2.05) is 24.3 Å². The van der Waals surface area contributed by atoms with E-state index in [9.17, 15) is 4.79 Å². The van der Waals surface area contributed by atoms with E-state index >= 15 is 0 Å². The molecule has 1 saturated heterocycles. The van der Waals surface area contributed by atoms with Gasteiger partial charge in [-0.25, -0.2) is 0 Å². The maximum absolute atomic E-state index is 12.3. The summed E-state index contributed by atoms with van der Waals surface area (Å²) in [5.41, 5.74) is 3.54. The third-order valence-corrected chi connectivity index (χ3v) is 4.77. The van der Waals surface area contributed by atoms with E-state index in [1.54, 1.807) is 7.11 Å². The molecular weight excluding hydrogens is 326 g/mol. The van der Waals surface area contributed by atoms with Gasteiger partial charge in [-0.2, -0.15) is 0 Å². The maximum atomic E-state index is 12.3. The lowest BCUT2D eigenvalue weighted by molar-refractivity contribution is -0.122. The zero-order valence-electron chi connectivity index (χ0n) is 15.6. The fourth-order valence-corrected chi connectivity index (χ4v) is 3.29. The molecule has 0 atom stereocenters. The number of piperazine rings is 1.